The zero-order chi connectivity index (χ0) is 19.2. The van der Waals surface area contributed by atoms with Crippen molar-refractivity contribution < 1.29 is 27.8 Å². The molecule has 6 nitrogen and oxygen atoms in total. The summed E-state index contributed by atoms with van der Waals surface area (Å²) in [4.78, 5) is 23.8. The second-order valence-electron chi connectivity index (χ2n) is 8.13. The van der Waals surface area contributed by atoms with E-state index >= 15 is 0 Å². The summed E-state index contributed by atoms with van der Waals surface area (Å²) in [5.74, 6) is -2.27. The monoisotopic (exact) mass is 368 g/mol. The highest BCUT2D eigenvalue weighted by Gasteiger charge is 2.69. The molecule has 0 heterocycles. The van der Waals surface area contributed by atoms with Crippen LogP contribution in [0.15, 0.2) is 18.2 Å². The number of rotatable bonds is 5. The first kappa shape index (κ1) is 18.4. The normalized spacial score (nSPS) is 26.2. The molecule has 0 aromatic heterocycles. The molecule has 0 saturated heterocycles. The van der Waals surface area contributed by atoms with Gasteiger partial charge in [0.05, 0.1) is 5.54 Å². The summed E-state index contributed by atoms with van der Waals surface area (Å²) in [6.07, 6.45) is 1.45. The number of halogens is 2. The van der Waals surface area contributed by atoms with E-state index in [2.05, 4.69) is 10.6 Å². The Bertz CT molecular complexity index is 725. The van der Waals surface area contributed by atoms with E-state index in [1.165, 1.54) is 6.07 Å². The fraction of sp³-hybridized carbons (Fsp3) is 0.556. The van der Waals surface area contributed by atoms with Gasteiger partial charge >= 0.3 is 6.09 Å². The van der Waals surface area contributed by atoms with Gasteiger partial charge in [0.25, 0.3) is 5.91 Å². The first-order chi connectivity index (χ1) is 12.0. The molecule has 1 aromatic rings. The Morgan fingerprint density at radius 3 is 2.27 bits per heavy atom. The molecule has 2 N–H and O–H groups in total. The molecule has 26 heavy (non-hydrogen) atoms. The van der Waals surface area contributed by atoms with Crippen molar-refractivity contribution in [2.45, 2.75) is 56.7 Å². The molecule has 2 bridgehead atoms. The highest BCUT2D eigenvalue weighted by atomic mass is 19.2. The zero-order valence-corrected chi connectivity index (χ0v) is 14.9. The van der Waals surface area contributed by atoms with Crippen LogP contribution in [0.4, 0.5) is 13.6 Å². The van der Waals surface area contributed by atoms with E-state index in [1.807, 2.05) is 0 Å². The molecule has 0 aliphatic heterocycles. The maximum Gasteiger partial charge on any atom is 0.408 e. The second-order valence-corrected chi connectivity index (χ2v) is 8.13. The van der Waals surface area contributed by atoms with Crippen LogP contribution in [-0.2, 0) is 9.53 Å². The van der Waals surface area contributed by atoms with Crippen molar-refractivity contribution in [2.75, 3.05) is 6.61 Å². The maximum absolute atomic E-state index is 13.1. The van der Waals surface area contributed by atoms with E-state index < -0.39 is 23.3 Å². The number of carbonyl (C=O) groups excluding carboxylic acids is 2. The van der Waals surface area contributed by atoms with Crippen molar-refractivity contribution in [3.8, 4) is 5.75 Å². The quantitative estimate of drug-likeness (QED) is 0.838. The first-order valence-corrected chi connectivity index (χ1v) is 8.40. The summed E-state index contributed by atoms with van der Waals surface area (Å²) in [5, 5.41) is 5.74. The number of amides is 2. The van der Waals surface area contributed by atoms with Gasteiger partial charge in [-0.15, -0.1) is 0 Å². The average Bonchev–Trinajstić information content (AvgIpc) is 2.43. The predicted molar refractivity (Wildman–Crippen MR) is 88.7 cm³/mol. The number of nitrogens with one attached hydrogen (secondary N) is 2. The van der Waals surface area contributed by atoms with Crippen LogP contribution in [0.5, 0.6) is 5.75 Å². The summed E-state index contributed by atoms with van der Waals surface area (Å²) < 4.78 is 36.4. The Morgan fingerprint density at radius 1 is 1.08 bits per heavy atom. The molecule has 3 aliphatic carbocycles. The van der Waals surface area contributed by atoms with Crippen molar-refractivity contribution in [3.63, 3.8) is 0 Å². The molecule has 0 unspecified atom stereocenters. The Morgan fingerprint density at radius 2 is 1.69 bits per heavy atom. The summed E-state index contributed by atoms with van der Waals surface area (Å²) in [5.41, 5.74) is -1.20. The van der Waals surface area contributed by atoms with Crippen LogP contribution >= 0.6 is 0 Å². The largest absolute Gasteiger partial charge is 0.484 e. The smallest absolute Gasteiger partial charge is 0.408 e. The van der Waals surface area contributed by atoms with E-state index in [4.69, 9.17) is 9.47 Å². The van der Waals surface area contributed by atoms with Gasteiger partial charge in [0, 0.05) is 11.6 Å². The lowest BCUT2D eigenvalue weighted by atomic mass is 9.44. The predicted octanol–water partition coefficient (Wildman–Crippen LogP) is 2.66. The molecule has 3 aliphatic rings. The lowest BCUT2D eigenvalue weighted by Gasteiger charge is -2.70. The molecule has 0 spiro atoms. The number of ether oxygens (including phenoxy) is 2. The van der Waals surface area contributed by atoms with Crippen molar-refractivity contribution in [3.05, 3.63) is 29.8 Å². The molecular weight excluding hydrogens is 346 g/mol. The van der Waals surface area contributed by atoms with Crippen LogP contribution in [0.2, 0.25) is 0 Å². The Balaban J connectivity index is 1.41. The van der Waals surface area contributed by atoms with E-state index in [-0.39, 0.29) is 29.3 Å². The first-order valence-electron chi connectivity index (χ1n) is 8.40. The molecule has 4 rings (SSSR count). The highest BCUT2D eigenvalue weighted by Crippen LogP contribution is 2.60. The molecule has 0 radical (unpaired) electrons. The van der Waals surface area contributed by atoms with Gasteiger partial charge in [-0.25, -0.2) is 13.6 Å². The molecule has 0 atom stereocenters. The van der Waals surface area contributed by atoms with Gasteiger partial charge < -0.3 is 20.1 Å². The van der Waals surface area contributed by atoms with Gasteiger partial charge in [-0.3, -0.25) is 4.79 Å². The topological polar surface area (TPSA) is 76.7 Å². The summed E-state index contributed by atoms with van der Waals surface area (Å²) in [6.45, 7) is 5.09. The minimum Gasteiger partial charge on any atom is -0.484 e. The van der Waals surface area contributed by atoms with Gasteiger partial charge in [-0.1, -0.05) is 0 Å². The van der Waals surface area contributed by atoms with Crippen molar-refractivity contribution in [1.82, 2.24) is 10.6 Å². The molecule has 8 heteroatoms. The van der Waals surface area contributed by atoms with E-state index in [0.717, 1.165) is 12.1 Å². The third-order valence-electron chi connectivity index (χ3n) is 4.46. The third kappa shape index (κ3) is 3.89. The summed E-state index contributed by atoms with van der Waals surface area (Å²) in [7, 11) is 0. The van der Waals surface area contributed by atoms with Gasteiger partial charge in [0.1, 0.15) is 11.4 Å². The highest BCUT2D eigenvalue weighted by molar-refractivity contribution is 5.79. The third-order valence-corrected chi connectivity index (χ3v) is 4.46. The fourth-order valence-electron chi connectivity index (χ4n) is 3.62. The van der Waals surface area contributed by atoms with E-state index in [1.54, 1.807) is 20.8 Å². The van der Waals surface area contributed by atoms with Crippen molar-refractivity contribution in [2.24, 2.45) is 0 Å². The van der Waals surface area contributed by atoms with Crippen LogP contribution in [0.1, 0.15) is 40.0 Å². The molecule has 142 valence electrons. The number of benzene rings is 1. The van der Waals surface area contributed by atoms with Crippen molar-refractivity contribution >= 4 is 12.0 Å². The van der Waals surface area contributed by atoms with E-state index in [0.29, 0.717) is 19.3 Å². The Kier molecular flexibility index (Phi) is 4.32. The molecule has 3 saturated carbocycles. The minimum atomic E-state index is -1.03. The van der Waals surface area contributed by atoms with Gasteiger partial charge in [0.15, 0.2) is 18.2 Å². The van der Waals surface area contributed by atoms with Crippen LogP contribution in [0.3, 0.4) is 0 Å². The molecule has 2 amide bonds. The summed E-state index contributed by atoms with van der Waals surface area (Å²) in [6, 6.07) is 3.09. The van der Waals surface area contributed by atoms with Gasteiger partial charge in [0.2, 0.25) is 0 Å². The number of carbonyl (C=O) groups is 2. The second kappa shape index (κ2) is 6.10. The standard InChI is InChI=1S/C18H22F2N2O4/c1-16(2,3)26-15(24)22-18-8-17(9-18,10-18)21-14(23)7-25-11-4-5-12(19)13(20)6-11/h4-6H,7-10H2,1-3H3,(H,21,23)(H,22,24). The number of hydrogen-bond acceptors (Lipinski definition) is 4. The Labute approximate surface area is 150 Å². The molecule has 1 aromatic carbocycles. The average molecular weight is 368 g/mol. The van der Waals surface area contributed by atoms with Crippen molar-refractivity contribution in [1.29, 1.82) is 0 Å². The van der Waals surface area contributed by atoms with Crippen LogP contribution < -0.4 is 15.4 Å². The summed E-state index contributed by atoms with van der Waals surface area (Å²) >= 11 is 0. The lowest BCUT2D eigenvalue weighted by Crippen LogP contribution is -2.84. The Hall–Kier alpha value is -2.38. The lowest BCUT2D eigenvalue weighted by molar-refractivity contribution is -0.142. The van der Waals surface area contributed by atoms with Gasteiger partial charge in [-0.05, 0) is 52.2 Å². The maximum atomic E-state index is 13.1. The number of hydrogen-bond donors (Lipinski definition) is 2. The molecular formula is C18H22F2N2O4. The minimum absolute atomic E-state index is 0.0831. The van der Waals surface area contributed by atoms with Crippen LogP contribution in [-0.4, -0.2) is 35.3 Å². The zero-order valence-electron chi connectivity index (χ0n) is 14.9. The number of alkyl carbamates (subject to hydrolysis) is 1. The van der Waals surface area contributed by atoms with Gasteiger partial charge in [-0.2, -0.15) is 0 Å². The SMILES string of the molecule is CC(C)(C)OC(=O)NC12CC(NC(=O)COc3ccc(F)c(F)c3)(C1)C2. The van der Waals surface area contributed by atoms with E-state index in [9.17, 15) is 18.4 Å². The van der Waals surface area contributed by atoms with Crippen LogP contribution in [0.25, 0.3) is 0 Å². The molecule has 3 fully saturated rings. The van der Waals surface area contributed by atoms with Crippen LogP contribution in [0, 0.1) is 11.6 Å². The fourth-order valence-corrected chi connectivity index (χ4v) is 3.62.